The maximum atomic E-state index is 11.3. The van der Waals surface area contributed by atoms with E-state index in [1.54, 1.807) is 4.57 Å². The number of amides is 1. The molecule has 11 heteroatoms. The molecule has 1 fully saturated rings. The second kappa shape index (κ2) is 7.27. The van der Waals surface area contributed by atoms with Crippen molar-refractivity contribution in [3.05, 3.63) is 12.7 Å². The fourth-order valence-electron chi connectivity index (χ4n) is 2.74. The maximum absolute atomic E-state index is 11.3. The number of carbonyl (C=O) groups is 1. The summed E-state index contributed by atoms with van der Waals surface area (Å²) in [5.41, 5.74) is 6.60. The Hall–Kier alpha value is -2.34. The van der Waals surface area contributed by atoms with Gasteiger partial charge in [0.1, 0.15) is 30.2 Å². The highest BCUT2D eigenvalue weighted by Gasteiger charge is 2.45. The van der Waals surface area contributed by atoms with Crippen LogP contribution in [0.5, 0.6) is 0 Å². The summed E-state index contributed by atoms with van der Waals surface area (Å²) >= 11 is 0. The molecule has 0 aromatic carbocycles. The number of imidazole rings is 1. The van der Waals surface area contributed by atoms with Gasteiger partial charge in [0.2, 0.25) is 5.91 Å². The van der Waals surface area contributed by atoms with E-state index in [1.807, 2.05) is 0 Å². The SMILES string of the molecule is CNC(=O)CCO[C@@H]1[C@H](O)[C@@H](CO)O[C@H]1n1cnc2c(N)ncnc21. The third kappa shape index (κ3) is 3.26. The summed E-state index contributed by atoms with van der Waals surface area (Å²) < 4.78 is 12.9. The van der Waals surface area contributed by atoms with Gasteiger partial charge in [0.15, 0.2) is 17.7 Å². The highest BCUT2D eigenvalue weighted by atomic mass is 16.6. The van der Waals surface area contributed by atoms with Crippen molar-refractivity contribution < 1.29 is 24.5 Å². The maximum Gasteiger partial charge on any atom is 0.222 e. The molecule has 5 N–H and O–H groups in total. The zero-order valence-corrected chi connectivity index (χ0v) is 13.6. The number of anilines is 1. The van der Waals surface area contributed by atoms with Crippen molar-refractivity contribution >= 4 is 22.9 Å². The van der Waals surface area contributed by atoms with Crippen molar-refractivity contribution in [1.29, 1.82) is 0 Å². The number of carbonyl (C=O) groups excluding carboxylic acids is 1. The standard InChI is InChI=1S/C14H20N6O5/c1-16-8(22)2-3-24-11-10(23)7(4-21)25-14(11)20-6-19-9-12(15)17-5-18-13(9)20/h5-7,10-11,14,21,23H,2-4H2,1H3,(H,16,22)(H2,15,17,18)/t7-,10-,11-,14-/m1/s1. The first-order valence-corrected chi connectivity index (χ1v) is 7.76. The van der Waals surface area contributed by atoms with Gasteiger partial charge in [-0.3, -0.25) is 9.36 Å². The molecule has 11 nitrogen and oxygen atoms in total. The van der Waals surface area contributed by atoms with Crippen molar-refractivity contribution in [2.24, 2.45) is 0 Å². The lowest BCUT2D eigenvalue weighted by atomic mass is 10.1. The molecule has 2 aromatic rings. The van der Waals surface area contributed by atoms with Crippen LogP contribution < -0.4 is 11.1 Å². The molecule has 1 aliphatic rings. The molecular weight excluding hydrogens is 332 g/mol. The Bertz CT molecular complexity index is 752. The van der Waals surface area contributed by atoms with Crippen molar-refractivity contribution in [3.8, 4) is 0 Å². The lowest BCUT2D eigenvalue weighted by molar-refractivity contribution is -0.123. The molecule has 136 valence electrons. The zero-order chi connectivity index (χ0) is 18.0. The summed E-state index contributed by atoms with van der Waals surface area (Å²) in [6.45, 7) is -0.292. The molecule has 0 radical (unpaired) electrons. The van der Waals surface area contributed by atoms with Crippen LogP contribution in [0.3, 0.4) is 0 Å². The van der Waals surface area contributed by atoms with E-state index in [1.165, 1.54) is 19.7 Å². The second-order valence-electron chi connectivity index (χ2n) is 5.58. The van der Waals surface area contributed by atoms with E-state index < -0.39 is 24.5 Å². The number of rotatable bonds is 6. The first-order valence-electron chi connectivity index (χ1n) is 7.76. The fraction of sp³-hybridized carbons (Fsp3) is 0.571. The minimum Gasteiger partial charge on any atom is -0.394 e. The molecule has 2 aromatic heterocycles. The summed E-state index contributed by atoms with van der Waals surface area (Å²) in [7, 11) is 1.53. The van der Waals surface area contributed by atoms with Crippen LogP contribution in [0.4, 0.5) is 5.82 Å². The average Bonchev–Trinajstić information content (AvgIpc) is 3.17. The Morgan fingerprint density at radius 1 is 1.48 bits per heavy atom. The summed E-state index contributed by atoms with van der Waals surface area (Å²) in [4.78, 5) is 23.5. The monoisotopic (exact) mass is 352 g/mol. The number of fused-ring (bicyclic) bond motifs is 1. The summed E-state index contributed by atoms with van der Waals surface area (Å²) in [6.07, 6.45) is -0.598. The zero-order valence-electron chi connectivity index (χ0n) is 13.6. The lowest BCUT2D eigenvalue weighted by Gasteiger charge is -2.22. The number of aromatic nitrogens is 4. The highest BCUT2D eigenvalue weighted by molar-refractivity contribution is 5.81. The molecule has 1 saturated heterocycles. The number of nitrogens with two attached hydrogens (primary N) is 1. The molecule has 3 rings (SSSR count). The van der Waals surface area contributed by atoms with Gasteiger partial charge in [0.05, 0.1) is 19.5 Å². The van der Waals surface area contributed by atoms with E-state index in [9.17, 15) is 15.0 Å². The van der Waals surface area contributed by atoms with Gasteiger partial charge in [-0.25, -0.2) is 15.0 Å². The second-order valence-corrected chi connectivity index (χ2v) is 5.58. The molecular formula is C14H20N6O5. The van der Waals surface area contributed by atoms with E-state index in [2.05, 4.69) is 20.3 Å². The molecule has 0 saturated carbocycles. The quantitative estimate of drug-likeness (QED) is 0.470. The summed E-state index contributed by atoms with van der Waals surface area (Å²) in [5.74, 6) is 0.0374. The average molecular weight is 352 g/mol. The third-order valence-corrected chi connectivity index (χ3v) is 4.07. The third-order valence-electron chi connectivity index (χ3n) is 4.07. The van der Waals surface area contributed by atoms with E-state index in [4.69, 9.17) is 15.2 Å². The van der Waals surface area contributed by atoms with E-state index in [0.717, 1.165) is 0 Å². The van der Waals surface area contributed by atoms with Crippen molar-refractivity contribution in [2.75, 3.05) is 26.0 Å². The Kier molecular flexibility index (Phi) is 5.08. The van der Waals surface area contributed by atoms with E-state index in [-0.39, 0.29) is 31.4 Å². The van der Waals surface area contributed by atoms with Crippen LogP contribution in [0.15, 0.2) is 12.7 Å². The minimum atomic E-state index is -1.07. The Morgan fingerprint density at radius 2 is 2.28 bits per heavy atom. The normalized spacial score (nSPS) is 26.2. The number of ether oxygens (including phenoxy) is 2. The first kappa shape index (κ1) is 17.5. The van der Waals surface area contributed by atoms with Crippen molar-refractivity contribution in [2.45, 2.75) is 31.0 Å². The van der Waals surface area contributed by atoms with E-state index in [0.29, 0.717) is 11.2 Å². The minimum absolute atomic E-state index is 0.0865. The predicted molar refractivity (Wildman–Crippen MR) is 85.2 cm³/mol. The fourth-order valence-corrected chi connectivity index (χ4v) is 2.74. The van der Waals surface area contributed by atoms with Crippen LogP contribution >= 0.6 is 0 Å². The highest BCUT2D eigenvalue weighted by Crippen LogP contribution is 2.33. The number of aliphatic hydroxyl groups is 2. The Morgan fingerprint density at radius 3 is 3.00 bits per heavy atom. The van der Waals surface area contributed by atoms with E-state index >= 15 is 0 Å². The van der Waals surface area contributed by atoms with Crippen LogP contribution in [0, 0.1) is 0 Å². The van der Waals surface area contributed by atoms with Gasteiger partial charge in [0, 0.05) is 13.5 Å². The smallest absolute Gasteiger partial charge is 0.222 e. The number of hydrogen-bond acceptors (Lipinski definition) is 9. The number of nitrogen functional groups attached to an aromatic ring is 1. The Labute approximate surface area is 142 Å². The van der Waals surface area contributed by atoms with Crippen LogP contribution in [0.25, 0.3) is 11.2 Å². The predicted octanol–water partition coefficient (Wildman–Crippen LogP) is -1.82. The molecule has 0 unspecified atom stereocenters. The number of hydrogen-bond donors (Lipinski definition) is 4. The summed E-state index contributed by atoms with van der Waals surface area (Å²) in [6, 6.07) is 0. The molecule has 0 bridgehead atoms. The number of nitrogens with zero attached hydrogens (tertiary/aromatic N) is 4. The molecule has 1 amide bonds. The first-order chi connectivity index (χ1) is 12.1. The Balaban J connectivity index is 1.85. The lowest BCUT2D eigenvalue weighted by Crippen LogP contribution is -2.36. The molecule has 0 spiro atoms. The molecule has 4 atom stereocenters. The largest absolute Gasteiger partial charge is 0.394 e. The van der Waals surface area contributed by atoms with Crippen LogP contribution in [0.1, 0.15) is 12.6 Å². The molecule has 1 aliphatic heterocycles. The van der Waals surface area contributed by atoms with Gasteiger partial charge < -0.3 is 30.7 Å². The van der Waals surface area contributed by atoms with Crippen LogP contribution in [-0.4, -0.2) is 74.2 Å². The van der Waals surface area contributed by atoms with Crippen molar-refractivity contribution in [3.63, 3.8) is 0 Å². The number of nitrogens with one attached hydrogen (secondary N) is 1. The molecule has 3 heterocycles. The van der Waals surface area contributed by atoms with Crippen LogP contribution in [0.2, 0.25) is 0 Å². The van der Waals surface area contributed by atoms with Gasteiger partial charge >= 0.3 is 0 Å². The number of aliphatic hydroxyl groups excluding tert-OH is 2. The van der Waals surface area contributed by atoms with Gasteiger partial charge in [-0.1, -0.05) is 0 Å². The van der Waals surface area contributed by atoms with Gasteiger partial charge in [-0.2, -0.15) is 0 Å². The molecule has 0 aliphatic carbocycles. The molecule has 25 heavy (non-hydrogen) atoms. The topological polar surface area (TPSA) is 158 Å². The van der Waals surface area contributed by atoms with Crippen LogP contribution in [-0.2, 0) is 14.3 Å². The van der Waals surface area contributed by atoms with Gasteiger partial charge in [-0.15, -0.1) is 0 Å². The van der Waals surface area contributed by atoms with Crippen molar-refractivity contribution in [1.82, 2.24) is 24.8 Å². The van der Waals surface area contributed by atoms with Gasteiger partial charge in [-0.05, 0) is 0 Å². The van der Waals surface area contributed by atoms with Gasteiger partial charge in [0.25, 0.3) is 0 Å². The summed E-state index contributed by atoms with van der Waals surface area (Å²) in [5, 5.41) is 22.3.